The van der Waals surface area contributed by atoms with Crippen molar-refractivity contribution < 1.29 is 33.3 Å². The number of benzene rings is 2. The summed E-state index contributed by atoms with van der Waals surface area (Å²) in [4.78, 5) is 24.2. The van der Waals surface area contributed by atoms with Crippen molar-refractivity contribution >= 4 is 12.1 Å². The quantitative estimate of drug-likeness (QED) is 0.770. The molecule has 7 nitrogen and oxygen atoms in total. The number of ether oxygens (including phenoxy) is 3. The van der Waals surface area contributed by atoms with E-state index in [2.05, 4.69) is 4.74 Å². The van der Waals surface area contributed by atoms with Crippen LogP contribution in [0.4, 0.5) is 9.18 Å². The van der Waals surface area contributed by atoms with Gasteiger partial charge in [-0.25, -0.2) is 14.0 Å². The molecule has 1 unspecified atom stereocenters. The molecule has 0 radical (unpaired) electrons. The van der Waals surface area contributed by atoms with Gasteiger partial charge in [0.25, 0.3) is 0 Å². The predicted octanol–water partition coefficient (Wildman–Crippen LogP) is 3.48. The van der Waals surface area contributed by atoms with Crippen LogP contribution >= 0.6 is 0 Å². The van der Waals surface area contributed by atoms with Gasteiger partial charge < -0.3 is 24.2 Å². The first-order valence-electron chi connectivity index (χ1n) is 9.06. The van der Waals surface area contributed by atoms with Crippen molar-refractivity contribution in [3.05, 3.63) is 47.3 Å². The molecule has 0 saturated heterocycles. The molecular weight excluding hydrogens is 381 g/mol. The number of hydrogen-bond acceptors (Lipinski definition) is 5. The van der Waals surface area contributed by atoms with Gasteiger partial charge in [0.2, 0.25) is 0 Å². The van der Waals surface area contributed by atoms with E-state index in [1.165, 1.54) is 25.2 Å². The molecule has 0 fully saturated rings. The highest BCUT2D eigenvalue weighted by Gasteiger charge is 2.26. The Kier molecular flexibility index (Phi) is 5.91. The van der Waals surface area contributed by atoms with Crippen LogP contribution in [-0.4, -0.2) is 48.9 Å². The summed E-state index contributed by atoms with van der Waals surface area (Å²) < 4.78 is 30.1. The van der Waals surface area contributed by atoms with Crippen LogP contribution < -0.4 is 9.47 Å². The number of esters is 1. The Hall–Kier alpha value is -3.29. The summed E-state index contributed by atoms with van der Waals surface area (Å²) in [6, 6.07) is 8.04. The lowest BCUT2D eigenvalue weighted by Gasteiger charge is -2.29. The zero-order valence-corrected chi connectivity index (χ0v) is 16.4. The van der Waals surface area contributed by atoms with E-state index in [9.17, 15) is 19.1 Å². The monoisotopic (exact) mass is 403 g/mol. The second kappa shape index (κ2) is 8.38. The zero-order chi connectivity index (χ0) is 21.1. The van der Waals surface area contributed by atoms with Gasteiger partial charge in [-0.15, -0.1) is 0 Å². The molecule has 0 aromatic heterocycles. The molecule has 0 saturated carbocycles. The molecule has 8 heteroatoms. The molecule has 3 rings (SSSR count). The molecule has 1 heterocycles. The lowest BCUT2D eigenvalue weighted by molar-refractivity contribution is -0.147. The lowest BCUT2D eigenvalue weighted by atomic mass is 9.90. The van der Waals surface area contributed by atoms with Crippen LogP contribution in [0.3, 0.4) is 0 Å². The molecule has 1 atom stereocenters. The summed E-state index contributed by atoms with van der Waals surface area (Å²) in [6.45, 7) is 1.92. The van der Waals surface area contributed by atoms with E-state index in [4.69, 9.17) is 9.47 Å². The van der Waals surface area contributed by atoms with Crippen LogP contribution in [0, 0.1) is 5.82 Å². The second-order valence-electron chi connectivity index (χ2n) is 6.65. The Labute approximate surface area is 167 Å². The van der Waals surface area contributed by atoms with Gasteiger partial charge in [0.05, 0.1) is 14.2 Å². The maximum atomic E-state index is 14.3. The lowest BCUT2D eigenvalue weighted by Crippen LogP contribution is -2.35. The Morgan fingerprint density at radius 1 is 1.14 bits per heavy atom. The Balaban J connectivity index is 2.01. The van der Waals surface area contributed by atoms with Crippen molar-refractivity contribution in [1.29, 1.82) is 0 Å². The maximum Gasteiger partial charge on any atom is 0.407 e. The Bertz CT molecular complexity index is 945. The molecule has 154 valence electrons. The van der Waals surface area contributed by atoms with E-state index >= 15 is 0 Å². The molecule has 0 spiro atoms. The van der Waals surface area contributed by atoms with Gasteiger partial charge >= 0.3 is 12.1 Å². The molecule has 2 aromatic rings. The van der Waals surface area contributed by atoms with Gasteiger partial charge in [-0.3, -0.25) is 0 Å². The van der Waals surface area contributed by atoms with Crippen LogP contribution in [0.15, 0.2) is 30.3 Å². The van der Waals surface area contributed by atoms with E-state index in [0.717, 1.165) is 0 Å². The fourth-order valence-electron chi connectivity index (χ4n) is 3.43. The maximum absolute atomic E-state index is 14.3. The molecule has 1 aliphatic heterocycles. The predicted molar refractivity (Wildman–Crippen MR) is 103 cm³/mol. The highest BCUT2D eigenvalue weighted by Crippen LogP contribution is 2.39. The summed E-state index contributed by atoms with van der Waals surface area (Å²) in [5.74, 6) is 0.0153. The highest BCUT2D eigenvalue weighted by molar-refractivity contribution is 5.77. The van der Waals surface area contributed by atoms with Crippen LogP contribution in [0.25, 0.3) is 11.1 Å². The first kappa shape index (κ1) is 20.4. The number of fused-ring (bicyclic) bond motifs is 1. The van der Waals surface area contributed by atoms with Crippen LogP contribution in [0.5, 0.6) is 11.5 Å². The van der Waals surface area contributed by atoms with Crippen molar-refractivity contribution in [2.24, 2.45) is 0 Å². The number of carboxylic acid groups (broad SMARTS) is 1. The van der Waals surface area contributed by atoms with Gasteiger partial charge in [0.1, 0.15) is 17.3 Å². The summed E-state index contributed by atoms with van der Waals surface area (Å²) in [5, 5.41) is 9.33. The fourth-order valence-corrected chi connectivity index (χ4v) is 3.43. The largest absolute Gasteiger partial charge is 0.496 e. The van der Waals surface area contributed by atoms with E-state index in [0.29, 0.717) is 40.2 Å². The third-order valence-corrected chi connectivity index (χ3v) is 4.93. The molecule has 1 N–H and O–H groups in total. The van der Waals surface area contributed by atoms with Gasteiger partial charge in [-0.1, -0.05) is 6.07 Å². The molecule has 2 aromatic carbocycles. The molecular formula is C21H22FNO6. The zero-order valence-electron chi connectivity index (χ0n) is 16.4. The standard InChI is InChI=1S/C21H22FNO6/c1-12(20(24)28-3)29-13-4-5-16(19(10-13)27-2)14-6-7-18(22)15-8-9-23(21(25)26)11-17(14)15/h4-7,10,12H,8-9,11H2,1-3H3,(H,25,26). The number of rotatable bonds is 5. The molecule has 1 aliphatic rings. The number of carbonyl (C=O) groups excluding carboxylic acids is 1. The smallest absolute Gasteiger partial charge is 0.407 e. The van der Waals surface area contributed by atoms with Crippen molar-refractivity contribution in [1.82, 2.24) is 4.90 Å². The number of amides is 1. The minimum Gasteiger partial charge on any atom is -0.496 e. The van der Waals surface area contributed by atoms with Crippen molar-refractivity contribution in [3.8, 4) is 22.6 Å². The minimum absolute atomic E-state index is 0.0958. The van der Waals surface area contributed by atoms with Gasteiger partial charge in [-0.05, 0) is 48.2 Å². The van der Waals surface area contributed by atoms with E-state index in [1.807, 2.05) is 0 Å². The SMILES string of the molecule is COC(=O)C(C)Oc1ccc(-c2ccc(F)c3c2CN(C(=O)O)CC3)c(OC)c1. The average Bonchev–Trinajstić information content (AvgIpc) is 2.73. The number of hydrogen-bond donors (Lipinski definition) is 1. The summed E-state index contributed by atoms with van der Waals surface area (Å²) in [7, 11) is 2.77. The summed E-state index contributed by atoms with van der Waals surface area (Å²) >= 11 is 0. The summed E-state index contributed by atoms with van der Waals surface area (Å²) in [5.41, 5.74) is 2.50. The number of nitrogens with zero attached hydrogens (tertiary/aromatic N) is 1. The minimum atomic E-state index is -1.04. The first-order chi connectivity index (χ1) is 13.8. The normalized spacial score (nSPS) is 14.0. The number of methoxy groups -OCH3 is 2. The topological polar surface area (TPSA) is 85.3 Å². The average molecular weight is 403 g/mol. The van der Waals surface area contributed by atoms with E-state index in [1.54, 1.807) is 31.2 Å². The van der Waals surface area contributed by atoms with E-state index < -0.39 is 18.2 Å². The number of carbonyl (C=O) groups is 2. The molecule has 1 amide bonds. The first-order valence-corrected chi connectivity index (χ1v) is 9.06. The van der Waals surface area contributed by atoms with Gasteiger partial charge in [0, 0.05) is 24.7 Å². The van der Waals surface area contributed by atoms with Crippen LogP contribution in [0.2, 0.25) is 0 Å². The molecule has 29 heavy (non-hydrogen) atoms. The van der Waals surface area contributed by atoms with Crippen molar-refractivity contribution in [2.75, 3.05) is 20.8 Å². The molecule has 0 aliphatic carbocycles. The second-order valence-corrected chi connectivity index (χ2v) is 6.65. The van der Waals surface area contributed by atoms with Crippen molar-refractivity contribution in [3.63, 3.8) is 0 Å². The highest BCUT2D eigenvalue weighted by atomic mass is 19.1. The molecule has 0 bridgehead atoms. The third-order valence-electron chi connectivity index (χ3n) is 4.93. The van der Waals surface area contributed by atoms with Gasteiger partial charge in [-0.2, -0.15) is 0 Å². The van der Waals surface area contributed by atoms with Crippen molar-refractivity contribution in [2.45, 2.75) is 26.0 Å². The van der Waals surface area contributed by atoms with E-state index in [-0.39, 0.29) is 18.9 Å². The third kappa shape index (κ3) is 4.11. The number of halogens is 1. The Morgan fingerprint density at radius 3 is 2.52 bits per heavy atom. The summed E-state index contributed by atoms with van der Waals surface area (Å²) in [6.07, 6.45) is -1.53. The fraction of sp³-hybridized carbons (Fsp3) is 0.333. The van der Waals surface area contributed by atoms with Crippen LogP contribution in [0.1, 0.15) is 18.1 Å². The van der Waals surface area contributed by atoms with Gasteiger partial charge in [0.15, 0.2) is 6.10 Å². The van der Waals surface area contributed by atoms with Crippen LogP contribution in [-0.2, 0) is 22.5 Å². The Morgan fingerprint density at radius 2 is 1.86 bits per heavy atom.